The maximum absolute atomic E-state index is 12.8. The van der Waals surface area contributed by atoms with E-state index in [1.54, 1.807) is 6.08 Å². The second-order valence-corrected chi connectivity index (χ2v) is 7.74. The number of ether oxygens (including phenoxy) is 3. The maximum Gasteiger partial charge on any atom is 0.327 e. The molecular formula is C23H28O5. The van der Waals surface area contributed by atoms with Crippen LogP contribution in [0.1, 0.15) is 25.8 Å². The summed E-state index contributed by atoms with van der Waals surface area (Å²) in [5.74, 6) is -1.22. The molecule has 0 saturated heterocycles. The van der Waals surface area contributed by atoms with E-state index in [-0.39, 0.29) is 23.9 Å². The van der Waals surface area contributed by atoms with Gasteiger partial charge < -0.3 is 14.2 Å². The number of rotatable bonds is 6. The first-order valence-electron chi connectivity index (χ1n) is 9.67. The van der Waals surface area contributed by atoms with Gasteiger partial charge >= 0.3 is 11.9 Å². The molecule has 0 N–H and O–H groups in total. The van der Waals surface area contributed by atoms with Gasteiger partial charge in [-0.05, 0) is 17.9 Å². The van der Waals surface area contributed by atoms with Crippen LogP contribution in [0.3, 0.4) is 0 Å². The lowest BCUT2D eigenvalue weighted by Gasteiger charge is -2.36. The second kappa shape index (κ2) is 8.31. The van der Waals surface area contributed by atoms with Crippen molar-refractivity contribution in [2.75, 3.05) is 14.2 Å². The van der Waals surface area contributed by atoms with E-state index in [4.69, 9.17) is 14.2 Å². The highest BCUT2D eigenvalue weighted by Gasteiger charge is 2.60. The fourth-order valence-electron chi connectivity index (χ4n) is 4.43. The Kier molecular flexibility index (Phi) is 6.04. The molecular weight excluding hydrogens is 356 g/mol. The number of hydrogen-bond donors (Lipinski definition) is 0. The van der Waals surface area contributed by atoms with Gasteiger partial charge in [0.2, 0.25) is 0 Å². The van der Waals surface area contributed by atoms with Gasteiger partial charge in [0, 0.05) is 11.8 Å². The number of fused-ring (bicyclic) bond motifs is 1. The molecule has 150 valence electrons. The topological polar surface area (TPSA) is 61.8 Å². The Bertz CT molecular complexity index is 761. The molecule has 3 rings (SSSR count). The van der Waals surface area contributed by atoms with Gasteiger partial charge in [0.1, 0.15) is 0 Å². The third-order valence-electron chi connectivity index (χ3n) is 5.84. The molecule has 2 aliphatic rings. The standard InChI is InChI=1S/C23H28O5/c1-15(2)19-13-23(21(24)26-3,22(25)27-4)20-12-17(10-11-18(19)20)28-14-16-8-6-5-7-9-16/h5-11,13,15,17-18,20H,12,14H2,1-4H3/t17-,18+,20+/m0/s1. The quantitative estimate of drug-likeness (QED) is 0.425. The van der Waals surface area contributed by atoms with Gasteiger partial charge in [-0.1, -0.05) is 68.0 Å². The van der Waals surface area contributed by atoms with Gasteiger partial charge in [0.05, 0.1) is 26.9 Å². The van der Waals surface area contributed by atoms with Crippen LogP contribution in [0.15, 0.2) is 54.1 Å². The molecule has 2 aliphatic carbocycles. The molecule has 5 nitrogen and oxygen atoms in total. The summed E-state index contributed by atoms with van der Waals surface area (Å²) in [6.07, 6.45) is 6.27. The van der Waals surface area contributed by atoms with Crippen LogP contribution in [0.25, 0.3) is 0 Å². The lowest BCUT2D eigenvalue weighted by Crippen LogP contribution is -2.47. The highest BCUT2D eigenvalue weighted by Crippen LogP contribution is 2.53. The third kappa shape index (κ3) is 3.51. The molecule has 0 radical (unpaired) electrons. The monoisotopic (exact) mass is 384 g/mol. The van der Waals surface area contributed by atoms with Crippen LogP contribution in [0.5, 0.6) is 0 Å². The van der Waals surface area contributed by atoms with Crippen molar-refractivity contribution in [1.82, 2.24) is 0 Å². The fourth-order valence-corrected chi connectivity index (χ4v) is 4.43. The van der Waals surface area contributed by atoms with Crippen LogP contribution in [0, 0.1) is 23.2 Å². The van der Waals surface area contributed by atoms with Crippen LogP contribution in [-0.2, 0) is 30.4 Å². The van der Waals surface area contributed by atoms with Gasteiger partial charge in [-0.25, -0.2) is 0 Å². The van der Waals surface area contributed by atoms with Gasteiger partial charge in [0.25, 0.3) is 0 Å². The summed E-state index contributed by atoms with van der Waals surface area (Å²) in [6, 6.07) is 9.93. The van der Waals surface area contributed by atoms with Crippen molar-refractivity contribution in [3.05, 3.63) is 59.7 Å². The fraction of sp³-hybridized carbons (Fsp3) is 0.478. The number of allylic oxidation sites excluding steroid dienone is 2. The molecule has 0 saturated carbocycles. The Balaban J connectivity index is 1.89. The first-order chi connectivity index (χ1) is 13.4. The van der Waals surface area contributed by atoms with Crippen molar-refractivity contribution >= 4 is 11.9 Å². The summed E-state index contributed by atoms with van der Waals surface area (Å²) in [6.45, 7) is 4.61. The molecule has 0 heterocycles. The van der Waals surface area contributed by atoms with Crippen LogP contribution in [0.2, 0.25) is 0 Å². The maximum atomic E-state index is 12.8. The van der Waals surface area contributed by atoms with Crippen molar-refractivity contribution in [1.29, 1.82) is 0 Å². The minimum absolute atomic E-state index is 0.00484. The summed E-state index contributed by atoms with van der Waals surface area (Å²) < 4.78 is 16.2. The van der Waals surface area contributed by atoms with Crippen molar-refractivity contribution in [2.45, 2.75) is 33.0 Å². The first kappa shape index (κ1) is 20.3. The zero-order valence-corrected chi connectivity index (χ0v) is 16.9. The Hall–Kier alpha value is -2.40. The number of benzene rings is 1. The van der Waals surface area contributed by atoms with Crippen molar-refractivity contribution in [3.63, 3.8) is 0 Å². The minimum Gasteiger partial charge on any atom is -0.468 e. The summed E-state index contributed by atoms with van der Waals surface area (Å²) >= 11 is 0. The van der Waals surface area contributed by atoms with E-state index in [0.717, 1.165) is 11.1 Å². The smallest absolute Gasteiger partial charge is 0.327 e. The molecule has 5 heteroatoms. The van der Waals surface area contributed by atoms with Crippen molar-refractivity contribution < 1.29 is 23.8 Å². The highest BCUT2D eigenvalue weighted by molar-refractivity contribution is 6.03. The summed E-state index contributed by atoms with van der Waals surface area (Å²) in [4.78, 5) is 25.6. The average Bonchev–Trinajstić information content (AvgIpc) is 3.07. The van der Waals surface area contributed by atoms with E-state index in [2.05, 4.69) is 19.9 Å². The van der Waals surface area contributed by atoms with Crippen LogP contribution < -0.4 is 0 Å². The molecule has 1 aromatic rings. The Labute approximate surface area is 166 Å². The van der Waals surface area contributed by atoms with Crippen molar-refractivity contribution in [2.24, 2.45) is 23.2 Å². The molecule has 0 fully saturated rings. The SMILES string of the molecule is COC(=O)C1(C(=O)OC)C=C(C(C)C)[C@H]2C=C[C@H](OCc3ccccc3)C[C@H]21. The molecule has 0 aromatic heterocycles. The van der Waals surface area contributed by atoms with Gasteiger partial charge in [0.15, 0.2) is 5.41 Å². The largest absolute Gasteiger partial charge is 0.468 e. The predicted octanol–water partition coefficient (Wildman–Crippen LogP) is 3.69. The molecule has 1 aromatic carbocycles. The zero-order valence-electron chi connectivity index (χ0n) is 16.9. The summed E-state index contributed by atoms with van der Waals surface area (Å²) in [5, 5.41) is 0. The highest BCUT2D eigenvalue weighted by atomic mass is 16.5. The number of hydrogen-bond acceptors (Lipinski definition) is 5. The predicted molar refractivity (Wildman–Crippen MR) is 105 cm³/mol. The normalized spacial score (nSPS) is 25.2. The van der Waals surface area contributed by atoms with E-state index >= 15 is 0 Å². The molecule has 3 atom stereocenters. The van der Waals surface area contributed by atoms with E-state index in [1.165, 1.54) is 14.2 Å². The van der Waals surface area contributed by atoms with E-state index < -0.39 is 17.4 Å². The average molecular weight is 384 g/mol. The molecule has 0 bridgehead atoms. The Morgan fingerprint density at radius 3 is 2.29 bits per heavy atom. The Morgan fingerprint density at radius 1 is 1.07 bits per heavy atom. The lowest BCUT2D eigenvalue weighted by atomic mass is 9.69. The number of esters is 2. The van der Waals surface area contributed by atoms with Gasteiger partial charge in [-0.15, -0.1) is 0 Å². The van der Waals surface area contributed by atoms with E-state index in [1.807, 2.05) is 36.4 Å². The van der Waals surface area contributed by atoms with E-state index in [0.29, 0.717) is 13.0 Å². The Morgan fingerprint density at radius 2 is 1.71 bits per heavy atom. The third-order valence-corrected chi connectivity index (χ3v) is 5.84. The second-order valence-electron chi connectivity index (χ2n) is 7.74. The van der Waals surface area contributed by atoms with Crippen LogP contribution >= 0.6 is 0 Å². The number of carbonyl (C=O) groups is 2. The van der Waals surface area contributed by atoms with Crippen LogP contribution in [0.4, 0.5) is 0 Å². The molecule has 0 aliphatic heterocycles. The number of methoxy groups -OCH3 is 2. The number of carbonyl (C=O) groups excluding carboxylic acids is 2. The summed E-state index contributed by atoms with van der Waals surface area (Å²) in [5.41, 5.74) is 0.726. The van der Waals surface area contributed by atoms with Crippen molar-refractivity contribution in [3.8, 4) is 0 Å². The summed E-state index contributed by atoms with van der Waals surface area (Å²) in [7, 11) is 2.62. The molecule has 0 spiro atoms. The zero-order chi connectivity index (χ0) is 20.3. The van der Waals surface area contributed by atoms with Crippen LogP contribution in [-0.4, -0.2) is 32.3 Å². The van der Waals surface area contributed by atoms with Gasteiger partial charge in [-0.3, -0.25) is 9.59 Å². The molecule has 0 amide bonds. The first-order valence-corrected chi connectivity index (χ1v) is 9.67. The molecule has 28 heavy (non-hydrogen) atoms. The van der Waals surface area contributed by atoms with Gasteiger partial charge in [-0.2, -0.15) is 0 Å². The minimum atomic E-state index is -1.42. The van der Waals surface area contributed by atoms with E-state index in [9.17, 15) is 9.59 Å². The molecule has 0 unspecified atom stereocenters. The lowest BCUT2D eigenvalue weighted by molar-refractivity contribution is -0.170.